The Morgan fingerprint density at radius 2 is 1.96 bits per heavy atom. The molecule has 24 heavy (non-hydrogen) atoms. The second-order valence-corrected chi connectivity index (χ2v) is 6.27. The number of piperidine rings is 2. The molecule has 0 radical (unpaired) electrons. The Bertz CT molecular complexity index is 656. The smallest absolute Gasteiger partial charge is 0.249 e. The number of carbonyl (C=O) groups is 3. The Balaban J connectivity index is 1.66. The Morgan fingerprint density at radius 3 is 2.58 bits per heavy atom. The Labute approximate surface area is 139 Å². The fraction of sp³-hybridized carbons (Fsp3) is 0.471. The predicted molar refractivity (Wildman–Crippen MR) is 87.2 cm³/mol. The van der Waals surface area contributed by atoms with Crippen molar-refractivity contribution in [1.82, 2.24) is 5.32 Å². The molecule has 128 valence electrons. The van der Waals surface area contributed by atoms with E-state index in [4.69, 9.17) is 0 Å². The summed E-state index contributed by atoms with van der Waals surface area (Å²) in [6, 6.07) is 4.25. The number of imide groups is 1. The maximum atomic E-state index is 14.4. The minimum atomic E-state index is -0.605. The molecule has 2 aliphatic heterocycles. The van der Waals surface area contributed by atoms with Gasteiger partial charge in [0.15, 0.2) is 0 Å². The third-order valence-electron chi connectivity index (χ3n) is 4.62. The van der Waals surface area contributed by atoms with Gasteiger partial charge in [-0.15, -0.1) is 0 Å². The van der Waals surface area contributed by atoms with E-state index in [9.17, 15) is 18.8 Å². The Hall–Kier alpha value is -2.44. The molecule has 1 atom stereocenters. The number of aldehydes is 1. The van der Waals surface area contributed by atoms with Crippen molar-refractivity contribution in [2.24, 2.45) is 5.92 Å². The van der Waals surface area contributed by atoms with Crippen molar-refractivity contribution in [2.75, 3.05) is 23.3 Å². The number of hydrogen-bond donors (Lipinski definition) is 2. The van der Waals surface area contributed by atoms with Crippen molar-refractivity contribution in [3.63, 3.8) is 0 Å². The van der Waals surface area contributed by atoms with Crippen LogP contribution in [-0.4, -0.2) is 37.2 Å². The average Bonchev–Trinajstić information content (AvgIpc) is 2.59. The third kappa shape index (κ3) is 3.55. The van der Waals surface area contributed by atoms with Gasteiger partial charge in [-0.25, -0.2) is 4.39 Å². The maximum absolute atomic E-state index is 14.4. The zero-order valence-electron chi connectivity index (χ0n) is 13.3. The molecule has 7 heteroatoms. The van der Waals surface area contributed by atoms with Crippen LogP contribution in [0.1, 0.15) is 25.7 Å². The van der Waals surface area contributed by atoms with Gasteiger partial charge in [0, 0.05) is 31.1 Å². The molecule has 0 aromatic heterocycles. The van der Waals surface area contributed by atoms with Crippen LogP contribution in [-0.2, 0) is 14.4 Å². The average molecular weight is 333 g/mol. The number of rotatable bonds is 4. The van der Waals surface area contributed by atoms with E-state index in [1.165, 1.54) is 6.07 Å². The van der Waals surface area contributed by atoms with Crippen molar-refractivity contribution in [1.29, 1.82) is 0 Å². The largest absolute Gasteiger partial charge is 0.371 e. The Morgan fingerprint density at radius 1 is 1.21 bits per heavy atom. The van der Waals surface area contributed by atoms with Gasteiger partial charge in [0.25, 0.3) is 0 Å². The van der Waals surface area contributed by atoms with Crippen LogP contribution in [0, 0.1) is 11.7 Å². The quantitative estimate of drug-likeness (QED) is 0.644. The van der Waals surface area contributed by atoms with Crippen molar-refractivity contribution in [2.45, 2.75) is 31.7 Å². The summed E-state index contributed by atoms with van der Waals surface area (Å²) in [7, 11) is 0. The molecule has 2 aliphatic rings. The van der Waals surface area contributed by atoms with Crippen molar-refractivity contribution in [3.05, 3.63) is 24.0 Å². The fourth-order valence-corrected chi connectivity index (χ4v) is 3.13. The molecule has 0 bridgehead atoms. The second kappa shape index (κ2) is 6.98. The van der Waals surface area contributed by atoms with Crippen LogP contribution in [0.3, 0.4) is 0 Å². The highest BCUT2D eigenvalue weighted by atomic mass is 19.1. The number of halogens is 1. The molecule has 2 heterocycles. The van der Waals surface area contributed by atoms with Crippen LogP contribution < -0.4 is 15.5 Å². The predicted octanol–water partition coefficient (Wildman–Crippen LogP) is 1.46. The molecule has 3 rings (SSSR count). The number of benzene rings is 1. The monoisotopic (exact) mass is 333 g/mol. The lowest BCUT2D eigenvalue weighted by Gasteiger charge is -2.32. The first-order chi connectivity index (χ1) is 11.6. The highest BCUT2D eigenvalue weighted by molar-refractivity contribution is 6.01. The lowest BCUT2D eigenvalue weighted by atomic mass is 9.98. The first-order valence-corrected chi connectivity index (χ1v) is 8.17. The van der Waals surface area contributed by atoms with Crippen LogP contribution in [0.4, 0.5) is 15.8 Å². The van der Waals surface area contributed by atoms with Gasteiger partial charge in [-0.05, 0) is 37.5 Å². The lowest BCUT2D eigenvalue weighted by Crippen LogP contribution is -2.47. The zero-order valence-corrected chi connectivity index (χ0v) is 13.3. The van der Waals surface area contributed by atoms with Crippen LogP contribution in [0.2, 0.25) is 0 Å². The molecule has 6 nitrogen and oxygen atoms in total. The van der Waals surface area contributed by atoms with E-state index < -0.39 is 17.8 Å². The number of carbonyl (C=O) groups excluding carboxylic acids is 3. The van der Waals surface area contributed by atoms with Gasteiger partial charge in [0.1, 0.15) is 18.1 Å². The number of anilines is 2. The van der Waals surface area contributed by atoms with Gasteiger partial charge in [0.2, 0.25) is 11.8 Å². The summed E-state index contributed by atoms with van der Waals surface area (Å²) < 4.78 is 14.4. The van der Waals surface area contributed by atoms with E-state index in [0.717, 1.165) is 37.9 Å². The van der Waals surface area contributed by atoms with E-state index in [-0.39, 0.29) is 23.9 Å². The summed E-state index contributed by atoms with van der Waals surface area (Å²) in [5.41, 5.74) is 1.02. The number of hydrogen-bond acceptors (Lipinski definition) is 5. The van der Waals surface area contributed by atoms with Gasteiger partial charge in [-0.1, -0.05) is 0 Å². The molecule has 2 amide bonds. The molecule has 1 aromatic rings. The van der Waals surface area contributed by atoms with E-state index in [2.05, 4.69) is 15.5 Å². The van der Waals surface area contributed by atoms with Crippen LogP contribution in [0.15, 0.2) is 18.2 Å². The van der Waals surface area contributed by atoms with Crippen molar-refractivity contribution in [3.8, 4) is 0 Å². The van der Waals surface area contributed by atoms with E-state index >= 15 is 0 Å². The van der Waals surface area contributed by atoms with Crippen molar-refractivity contribution < 1.29 is 18.8 Å². The summed E-state index contributed by atoms with van der Waals surface area (Å²) in [4.78, 5) is 35.7. The molecule has 1 unspecified atom stereocenters. The van der Waals surface area contributed by atoms with Gasteiger partial charge in [-0.3, -0.25) is 14.9 Å². The van der Waals surface area contributed by atoms with Gasteiger partial charge in [0.05, 0.1) is 5.69 Å². The highest BCUT2D eigenvalue weighted by Crippen LogP contribution is 2.27. The molecular formula is C17H20FN3O3. The SMILES string of the molecule is O=CC1CCN(c2ccc(NC3CCC(=O)NC3=O)c(F)c2)CC1. The van der Waals surface area contributed by atoms with Gasteiger partial charge >= 0.3 is 0 Å². The number of amides is 2. The summed E-state index contributed by atoms with van der Waals surface area (Å²) in [5, 5.41) is 5.10. The van der Waals surface area contributed by atoms with Crippen LogP contribution >= 0.6 is 0 Å². The summed E-state index contributed by atoms with van der Waals surface area (Å²) in [6.45, 7) is 1.45. The molecule has 2 N–H and O–H groups in total. The summed E-state index contributed by atoms with van der Waals surface area (Å²) in [5.74, 6) is -1.06. The lowest BCUT2D eigenvalue weighted by molar-refractivity contribution is -0.133. The molecule has 2 saturated heterocycles. The van der Waals surface area contributed by atoms with Gasteiger partial charge < -0.3 is 15.0 Å². The topological polar surface area (TPSA) is 78.5 Å². The van der Waals surface area contributed by atoms with E-state index in [0.29, 0.717) is 6.42 Å². The first kappa shape index (κ1) is 16.4. The molecule has 1 aromatic carbocycles. The van der Waals surface area contributed by atoms with E-state index in [1.54, 1.807) is 12.1 Å². The Kier molecular flexibility index (Phi) is 4.78. The summed E-state index contributed by atoms with van der Waals surface area (Å²) in [6.07, 6.45) is 3.15. The standard InChI is InChI=1S/C17H20FN3O3/c18-13-9-12(21-7-5-11(10-22)6-8-21)1-2-14(13)19-15-3-4-16(23)20-17(15)24/h1-2,9-11,15,19H,3-8H2,(H,20,23,24). The molecular weight excluding hydrogens is 313 g/mol. The first-order valence-electron chi connectivity index (χ1n) is 8.17. The minimum Gasteiger partial charge on any atom is -0.371 e. The molecule has 0 aliphatic carbocycles. The maximum Gasteiger partial charge on any atom is 0.249 e. The number of nitrogens with zero attached hydrogens (tertiary/aromatic N) is 1. The molecule has 0 saturated carbocycles. The van der Waals surface area contributed by atoms with Crippen molar-refractivity contribution >= 4 is 29.5 Å². The fourth-order valence-electron chi connectivity index (χ4n) is 3.13. The third-order valence-corrected chi connectivity index (χ3v) is 4.62. The van der Waals surface area contributed by atoms with Crippen LogP contribution in [0.25, 0.3) is 0 Å². The van der Waals surface area contributed by atoms with Gasteiger partial charge in [-0.2, -0.15) is 0 Å². The van der Waals surface area contributed by atoms with Crippen LogP contribution in [0.5, 0.6) is 0 Å². The molecule has 2 fully saturated rings. The molecule has 0 spiro atoms. The number of nitrogens with one attached hydrogen (secondary N) is 2. The summed E-state index contributed by atoms with van der Waals surface area (Å²) >= 11 is 0. The highest BCUT2D eigenvalue weighted by Gasteiger charge is 2.27. The zero-order chi connectivity index (χ0) is 17.1. The second-order valence-electron chi connectivity index (χ2n) is 6.27. The normalized spacial score (nSPS) is 22.2. The minimum absolute atomic E-state index is 0.0968. The van der Waals surface area contributed by atoms with E-state index in [1.807, 2.05) is 0 Å².